The summed E-state index contributed by atoms with van der Waals surface area (Å²) in [6.45, 7) is 1.95. The molecule has 0 spiro atoms. The predicted molar refractivity (Wildman–Crippen MR) is 83.6 cm³/mol. The summed E-state index contributed by atoms with van der Waals surface area (Å²) in [7, 11) is 0. The van der Waals surface area contributed by atoms with Crippen LogP contribution in [0.4, 0.5) is 11.4 Å². The minimum Gasteiger partial charge on any atom is -0.373 e. The van der Waals surface area contributed by atoms with Crippen LogP contribution < -0.4 is 5.32 Å². The van der Waals surface area contributed by atoms with Gasteiger partial charge in [0.2, 0.25) is 0 Å². The molecule has 0 bridgehead atoms. The third-order valence-electron chi connectivity index (χ3n) is 4.05. The topological polar surface area (TPSA) is 55.2 Å². The highest BCUT2D eigenvalue weighted by Gasteiger charge is 2.22. The van der Waals surface area contributed by atoms with Crippen molar-refractivity contribution < 1.29 is 4.92 Å². The molecule has 4 heteroatoms. The molecule has 0 saturated heterocycles. The van der Waals surface area contributed by atoms with Crippen LogP contribution in [-0.4, -0.2) is 4.92 Å². The van der Waals surface area contributed by atoms with Gasteiger partial charge in [-0.15, -0.1) is 0 Å². The van der Waals surface area contributed by atoms with E-state index >= 15 is 0 Å². The summed E-state index contributed by atoms with van der Waals surface area (Å²) in [4.78, 5) is 10.9. The number of hydrogen-bond donors (Lipinski definition) is 1. The van der Waals surface area contributed by atoms with Gasteiger partial charge in [0.25, 0.3) is 5.69 Å². The first-order valence-electron chi connectivity index (χ1n) is 7.24. The highest BCUT2D eigenvalue weighted by Crippen LogP contribution is 2.35. The van der Waals surface area contributed by atoms with Gasteiger partial charge in [-0.05, 0) is 48.9 Å². The van der Waals surface area contributed by atoms with Crippen LogP contribution in [0.1, 0.15) is 35.6 Å². The van der Waals surface area contributed by atoms with Crippen LogP contribution in [0.3, 0.4) is 0 Å². The smallest absolute Gasteiger partial charge is 0.292 e. The van der Waals surface area contributed by atoms with Crippen LogP contribution in [-0.2, 0) is 6.42 Å². The second-order valence-corrected chi connectivity index (χ2v) is 5.57. The summed E-state index contributed by atoms with van der Waals surface area (Å²) < 4.78 is 0. The Morgan fingerprint density at radius 2 is 2.05 bits per heavy atom. The van der Waals surface area contributed by atoms with E-state index in [1.807, 2.05) is 19.1 Å². The number of nitro benzene ring substituents is 1. The van der Waals surface area contributed by atoms with Gasteiger partial charge in [0.15, 0.2) is 0 Å². The average Bonchev–Trinajstić information content (AvgIpc) is 2.47. The van der Waals surface area contributed by atoms with Gasteiger partial charge in [-0.25, -0.2) is 0 Å². The van der Waals surface area contributed by atoms with E-state index in [-0.39, 0.29) is 16.7 Å². The van der Waals surface area contributed by atoms with Crippen molar-refractivity contribution in [3.8, 4) is 0 Å². The van der Waals surface area contributed by atoms with Gasteiger partial charge in [0, 0.05) is 6.07 Å². The van der Waals surface area contributed by atoms with Crippen molar-refractivity contribution in [1.29, 1.82) is 0 Å². The van der Waals surface area contributed by atoms with Crippen molar-refractivity contribution in [1.82, 2.24) is 0 Å². The first-order valence-corrected chi connectivity index (χ1v) is 7.24. The fraction of sp³-hybridized carbons (Fsp3) is 0.294. The van der Waals surface area contributed by atoms with Gasteiger partial charge in [-0.1, -0.05) is 30.3 Å². The van der Waals surface area contributed by atoms with Crippen molar-refractivity contribution in [2.75, 3.05) is 5.32 Å². The first-order chi connectivity index (χ1) is 10.1. The number of fused-ring (bicyclic) bond motifs is 1. The maximum atomic E-state index is 11.2. The van der Waals surface area contributed by atoms with Crippen LogP contribution in [0.25, 0.3) is 0 Å². The molecule has 3 rings (SSSR count). The maximum absolute atomic E-state index is 11.2. The zero-order chi connectivity index (χ0) is 14.8. The van der Waals surface area contributed by atoms with Crippen molar-refractivity contribution in [3.63, 3.8) is 0 Å². The van der Waals surface area contributed by atoms with Gasteiger partial charge in [0.1, 0.15) is 5.69 Å². The predicted octanol–water partition coefficient (Wildman–Crippen LogP) is 4.39. The molecule has 0 saturated carbocycles. The number of nitrogens with one attached hydrogen (secondary N) is 1. The van der Waals surface area contributed by atoms with Gasteiger partial charge < -0.3 is 5.32 Å². The summed E-state index contributed by atoms with van der Waals surface area (Å²) >= 11 is 0. The third kappa shape index (κ3) is 2.75. The molecule has 0 aromatic heterocycles. The van der Waals surface area contributed by atoms with Crippen LogP contribution >= 0.6 is 0 Å². The largest absolute Gasteiger partial charge is 0.373 e. The lowest BCUT2D eigenvalue weighted by molar-refractivity contribution is -0.384. The van der Waals surface area contributed by atoms with Gasteiger partial charge in [-0.3, -0.25) is 10.1 Å². The average molecular weight is 282 g/mol. The maximum Gasteiger partial charge on any atom is 0.292 e. The Hall–Kier alpha value is -2.36. The molecule has 4 nitrogen and oxygen atoms in total. The summed E-state index contributed by atoms with van der Waals surface area (Å²) in [5, 5.41) is 14.6. The Morgan fingerprint density at radius 1 is 1.24 bits per heavy atom. The summed E-state index contributed by atoms with van der Waals surface area (Å²) in [5.41, 5.74) is 4.38. The SMILES string of the molecule is Cc1ccc([N+](=O)[O-])c(NC2CCCc3ccccc32)c1. The molecule has 1 aliphatic rings. The van der Waals surface area contributed by atoms with E-state index in [1.165, 1.54) is 11.1 Å². The van der Waals surface area contributed by atoms with Crippen molar-refractivity contribution in [2.45, 2.75) is 32.2 Å². The number of aryl methyl sites for hydroxylation is 2. The minimum atomic E-state index is -0.323. The summed E-state index contributed by atoms with van der Waals surface area (Å²) in [6, 6.07) is 13.7. The first kappa shape index (κ1) is 13.6. The van der Waals surface area contributed by atoms with Crippen molar-refractivity contribution in [2.24, 2.45) is 0 Å². The zero-order valence-electron chi connectivity index (χ0n) is 12.0. The minimum absolute atomic E-state index is 0.142. The molecular formula is C17H18N2O2. The van der Waals surface area contributed by atoms with Gasteiger partial charge in [0.05, 0.1) is 11.0 Å². The highest BCUT2D eigenvalue weighted by atomic mass is 16.6. The van der Waals surface area contributed by atoms with Gasteiger partial charge >= 0.3 is 0 Å². The molecule has 21 heavy (non-hydrogen) atoms. The van der Waals surface area contributed by atoms with Gasteiger partial charge in [-0.2, -0.15) is 0 Å². The molecule has 0 fully saturated rings. The standard InChI is InChI=1S/C17H18N2O2/c1-12-9-10-17(19(20)21)16(11-12)18-15-8-4-6-13-5-2-3-7-14(13)15/h2-3,5,7,9-11,15,18H,4,6,8H2,1H3. The molecule has 0 heterocycles. The second-order valence-electron chi connectivity index (χ2n) is 5.57. The number of rotatable bonds is 3. The molecule has 0 amide bonds. The van der Waals surface area contributed by atoms with Crippen molar-refractivity contribution in [3.05, 3.63) is 69.3 Å². The summed E-state index contributed by atoms with van der Waals surface area (Å²) in [6.07, 6.45) is 3.20. The third-order valence-corrected chi connectivity index (χ3v) is 4.05. The number of hydrogen-bond acceptors (Lipinski definition) is 3. The number of nitrogens with zero attached hydrogens (tertiary/aromatic N) is 1. The Bertz CT molecular complexity index is 682. The molecule has 1 aliphatic carbocycles. The molecule has 108 valence electrons. The molecule has 2 aromatic rings. The monoisotopic (exact) mass is 282 g/mol. The molecular weight excluding hydrogens is 264 g/mol. The lowest BCUT2D eigenvalue weighted by Crippen LogP contribution is -2.17. The Balaban J connectivity index is 1.95. The Kier molecular flexibility index (Phi) is 3.60. The molecule has 1 atom stereocenters. The zero-order valence-corrected chi connectivity index (χ0v) is 12.0. The molecule has 1 N–H and O–H groups in total. The van der Waals surface area contributed by atoms with E-state index in [2.05, 4.69) is 23.5 Å². The normalized spacial score (nSPS) is 17.1. The number of anilines is 1. The van der Waals surface area contributed by atoms with Crippen LogP contribution in [0.2, 0.25) is 0 Å². The number of nitro groups is 1. The van der Waals surface area contributed by atoms with E-state index < -0.39 is 0 Å². The fourth-order valence-corrected chi connectivity index (χ4v) is 3.02. The lowest BCUT2D eigenvalue weighted by Gasteiger charge is -2.27. The van der Waals surface area contributed by atoms with E-state index in [4.69, 9.17) is 0 Å². The lowest BCUT2D eigenvalue weighted by atomic mass is 9.87. The van der Waals surface area contributed by atoms with E-state index in [0.717, 1.165) is 24.8 Å². The Morgan fingerprint density at radius 3 is 2.86 bits per heavy atom. The van der Waals surface area contributed by atoms with Crippen LogP contribution in [0, 0.1) is 17.0 Å². The second kappa shape index (κ2) is 5.56. The molecule has 0 radical (unpaired) electrons. The number of benzene rings is 2. The van der Waals surface area contributed by atoms with Crippen LogP contribution in [0.15, 0.2) is 42.5 Å². The van der Waals surface area contributed by atoms with E-state index in [1.54, 1.807) is 12.1 Å². The highest BCUT2D eigenvalue weighted by molar-refractivity contribution is 5.63. The van der Waals surface area contributed by atoms with E-state index in [0.29, 0.717) is 5.69 Å². The summed E-state index contributed by atoms with van der Waals surface area (Å²) in [5.74, 6) is 0. The van der Waals surface area contributed by atoms with Crippen molar-refractivity contribution >= 4 is 11.4 Å². The molecule has 1 unspecified atom stereocenters. The van der Waals surface area contributed by atoms with E-state index in [9.17, 15) is 10.1 Å². The molecule has 0 aliphatic heterocycles. The quantitative estimate of drug-likeness (QED) is 0.671. The molecule has 2 aromatic carbocycles. The Labute approximate surface area is 124 Å². The van der Waals surface area contributed by atoms with Crippen LogP contribution in [0.5, 0.6) is 0 Å². The fourth-order valence-electron chi connectivity index (χ4n) is 3.02.